The number of benzene rings is 1. The molecule has 1 aromatic carbocycles. The number of carbonyl (C=O) groups is 2. The number of para-hydroxylation sites is 1. The van der Waals surface area contributed by atoms with Crippen LogP contribution in [0.25, 0.3) is 0 Å². The van der Waals surface area contributed by atoms with Gasteiger partial charge >= 0.3 is 5.97 Å². The topological polar surface area (TPSA) is 52.6 Å². The van der Waals surface area contributed by atoms with Crippen molar-refractivity contribution in [2.75, 3.05) is 13.7 Å². The van der Waals surface area contributed by atoms with Crippen LogP contribution in [0, 0.1) is 0 Å². The Kier molecular flexibility index (Phi) is 3.67. The van der Waals surface area contributed by atoms with Crippen molar-refractivity contribution in [1.82, 2.24) is 0 Å². The number of hydrogen-bond acceptors (Lipinski definition) is 4. The van der Waals surface area contributed by atoms with Crippen molar-refractivity contribution in [3.63, 3.8) is 0 Å². The van der Waals surface area contributed by atoms with Crippen LogP contribution in [0.1, 0.15) is 10.4 Å². The first-order valence-electron chi connectivity index (χ1n) is 4.01. The van der Waals surface area contributed by atoms with Crippen LogP contribution >= 0.6 is 0 Å². The lowest BCUT2D eigenvalue weighted by Gasteiger charge is -2.05. The summed E-state index contributed by atoms with van der Waals surface area (Å²) in [6.45, 7) is -0.193. The van der Waals surface area contributed by atoms with Crippen LogP contribution in [0.4, 0.5) is 0 Å². The molecule has 0 fully saturated rings. The van der Waals surface area contributed by atoms with Gasteiger partial charge in [0.05, 0.1) is 12.7 Å². The highest BCUT2D eigenvalue weighted by Gasteiger charge is 2.04. The summed E-state index contributed by atoms with van der Waals surface area (Å²) in [5, 5.41) is 0. The Morgan fingerprint density at radius 1 is 1.43 bits per heavy atom. The van der Waals surface area contributed by atoms with E-state index in [4.69, 9.17) is 4.74 Å². The minimum atomic E-state index is -0.481. The van der Waals surface area contributed by atoms with Crippen LogP contribution in [0.3, 0.4) is 0 Å². The van der Waals surface area contributed by atoms with E-state index in [1.54, 1.807) is 24.3 Å². The molecular weight excluding hydrogens is 184 g/mol. The zero-order valence-corrected chi connectivity index (χ0v) is 7.73. The zero-order chi connectivity index (χ0) is 10.4. The van der Waals surface area contributed by atoms with Gasteiger partial charge in [-0.15, -0.1) is 0 Å². The molecule has 4 nitrogen and oxygen atoms in total. The van der Waals surface area contributed by atoms with E-state index in [2.05, 4.69) is 4.74 Å². The van der Waals surface area contributed by atoms with Gasteiger partial charge in [-0.25, -0.2) is 4.79 Å². The lowest BCUT2D eigenvalue weighted by Crippen LogP contribution is -2.13. The fourth-order valence-electron chi connectivity index (χ4n) is 0.905. The van der Waals surface area contributed by atoms with Crippen LogP contribution in [0.2, 0.25) is 0 Å². The van der Waals surface area contributed by atoms with Crippen LogP contribution < -0.4 is 4.74 Å². The van der Waals surface area contributed by atoms with Crippen molar-refractivity contribution in [3.8, 4) is 5.75 Å². The molecule has 0 spiro atoms. The predicted octanol–water partition coefficient (Wildman–Crippen LogP) is 1.05. The van der Waals surface area contributed by atoms with E-state index in [1.807, 2.05) is 0 Å². The lowest BCUT2D eigenvalue weighted by molar-refractivity contribution is -0.142. The third-order valence-corrected chi connectivity index (χ3v) is 1.62. The molecule has 0 aromatic heterocycles. The van der Waals surface area contributed by atoms with E-state index in [0.717, 1.165) is 0 Å². The Labute approximate surface area is 81.4 Å². The van der Waals surface area contributed by atoms with Gasteiger partial charge in [-0.2, -0.15) is 0 Å². The largest absolute Gasteiger partial charge is 0.481 e. The Hall–Kier alpha value is -1.84. The normalized spacial score (nSPS) is 9.21. The summed E-state index contributed by atoms with van der Waals surface area (Å²) in [5.41, 5.74) is 0.413. The van der Waals surface area contributed by atoms with Gasteiger partial charge in [-0.05, 0) is 12.1 Å². The fraction of sp³-hybridized carbons (Fsp3) is 0.200. The second-order valence-corrected chi connectivity index (χ2v) is 2.52. The van der Waals surface area contributed by atoms with Gasteiger partial charge in [0, 0.05) is 0 Å². The van der Waals surface area contributed by atoms with E-state index in [0.29, 0.717) is 17.6 Å². The molecule has 0 amide bonds. The molecule has 0 saturated heterocycles. The van der Waals surface area contributed by atoms with Gasteiger partial charge in [0.15, 0.2) is 12.9 Å². The van der Waals surface area contributed by atoms with Crippen molar-refractivity contribution in [2.24, 2.45) is 0 Å². The molecule has 0 aliphatic heterocycles. The summed E-state index contributed by atoms with van der Waals surface area (Å²) in [5.74, 6) is -0.0985. The van der Waals surface area contributed by atoms with Crippen LogP contribution in [-0.2, 0) is 9.53 Å². The van der Waals surface area contributed by atoms with E-state index < -0.39 is 5.97 Å². The molecule has 1 rings (SSSR count). The summed E-state index contributed by atoms with van der Waals surface area (Å²) in [4.78, 5) is 21.3. The monoisotopic (exact) mass is 194 g/mol. The van der Waals surface area contributed by atoms with Gasteiger partial charge in [0.2, 0.25) is 0 Å². The molecule has 0 radical (unpaired) electrons. The van der Waals surface area contributed by atoms with E-state index >= 15 is 0 Å². The summed E-state index contributed by atoms with van der Waals surface area (Å²) in [7, 11) is 1.28. The molecule has 0 unspecified atom stereocenters. The summed E-state index contributed by atoms with van der Waals surface area (Å²) >= 11 is 0. The van der Waals surface area contributed by atoms with Gasteiger partial charge in [-0.3, -0.25) is 4.79 Å². The van der Waals surface area contributed by atoms with Crippen LogP contribution in [-0.4, -0.2) is 26.0 Å². The Balaban J connectivity index is 2.66. The Morgan fingerprint density at radius 3 is 2.79 bits per heavy atom. The summed E-state index contributed by atoms with van der Waals surface area (Å²) in [6, 6.07) is 6.67. The second kappa shape index (κ2) is 5.01. The Morgan fingerprint density at radius 2 is 2.14 bits per heavy atom. The van der Waals surface area contributed by atoms with Crippen molar-refractivity contribution >= 4 is 12.3 Å². The number of aldehydes is 1. The standard InChI is InChI=1S/C10H10O4/c1-13-10(12)7-14-9-5-3-2-4-8(9)6-11/h2-6H,7H2,1H3. The first-order chi connectivity index (χ1) is 6.77. The van der Waals surface area contributed by atoms with Crippen molar-refractivity contribution < 1.29 is 19.1 Å². The first-order valence-corrected chi connectivity index (χ1v) is 4.01. The van der Waals surface area contributed by atoms with Crippen molar-refractivity contribution in [1.29, 1.82) is 0 Å². The number of hydrogen-bond donors (Lipinski definition) is 0. The zero-order valence-electron chi connectivity index (χ0n) is 7.73. The molecule has 0 bridgehead atoms. The highest BCUT2D eigenvalue weighted by molar-refractivity contribution is 5.79. The summed E-state index contributed by atoms with van der Waals surface area (Å²) in [6.07, 6.45) is 0.673. The highest BCUT2D eigenvalue weighted by atomic mass is 16.6. The average molecular weight is 194 g/mol. The average Bonchev–Trinajstić information content (AvgIpc) is 2.26. The van der Waals surface area contributed by atoms with E-state index in [-0.39, 0.29) is 6.61 Å². The lowest BCUT2D eigenvalue weighted by atomic mass is 10.2. The fourth-order valence-corrected chi connectivity index (χ4v) is 0.905. The molecule has 0 saturated carbocycles. The molecule has 1 aromatic rings. The molecule has 14 heavy (non-hydrogen) atoms. The predicted molar refractivity (Wildman–Crippen MR) is 49.3 cm³/mol. The SMILES string of the molecule is COC(=O)COc1ccccc1C=O. The number of methoxy groups -OCH3 is 1. The van der Waals surface area contributed by atoms with Gasteiger partial charge in [-0.1, -0.05) is 12.1 Å². The smallest absolute Gasteiger partial charge is 0.343 e. The minimum Gasteiger partial charge on any atom is -0.481 e. The van der Waals surface area contributed by atoms with Gasteiger partial charge in [0.1, 0.15) is 5.75 Å². The maximum Gasteiger partial charge on any atom is 0.343 e. The van der Waals surface area contributed by atoms with E-state index in [9.17, 15) is 9.59 Å². The van der Waals surface area contributed by atoms with Crippen molar-refractivity contribution in [2.45, 2.75) is 0 Å². The van der Waals surface area contributed by atoms with E-state index in [1.165, 1.54) is 7.11 Å². The molecule has 0 aliphatic rings. The molecule has 0 aliphatic carbocycles. The number of carbonyl (C=O) groups excluding carboxylic acids is 2. The maximum atomic E-state index is 10.7. The number of esters is 1. The Bertz CT molecular complexity index is 333. The maximum absolute atomic E-state index is 10.7. The van der Waals surface area contributed by atoms with Gasteiger partial charge in [0.25, 0.3) is 0 Å². The van der Waals surface area contributed by atoms with Crippen LogP contribution in [0.15, 0.2) is 24.3 Å². The molecular formula is C10H10O4. The number of ether oxygens (including phenoxy) is 2. The first kappa shape index (κ1) is 10.2. The molecule has 4 heteroatoms. The highest BCUT2D eigenvalue weighted by Crippen LogP contribution is 2.15. The number of rotatable bonds is 4. The third kappa shape index (κ3) is 2.58. The molecule has 0 heterocycles. The quantitative estimate of drug-likeness (QED) is 0.531. The minimum absolute atomic E-state index is 0.193. The van der Waals surface area contributed by atoms with Crippen molar-refractivity contribution in [3.05, 3.63) is 29.8 Å². The summed E-state index contributed by atoms with van der Waals surface area (Å²) < 4.78 is 9.47. The third-order valence-electron chi connectivity index (χ3n) is 1.62. The van der Waals surface area contributed by atoms with Crippen LogP contribution in [0.5, 0.6) is 5.75 Å². The molecule has 74 valence electrons. The second-order valence-electron chi connectivity index (χ2n) is 2.52. The van der Waals surface area contributed by atoms with Gasteiger partial charge < -0.3 is 9.47 Å². The molecule has 0 atom stereocenters. The molecule has 0 N–H and O–H groups in total.